The van der Waals surface area contributed by atoms with Gasteiger partial charge in [0.1, 0.15) is 6.54 Å². The van der Waals surface area contributed by atoms with Crippen LogP contribution < -0.4 is 5.32 Å². The number of aliphatic hydroxyl groups excluding tert-OH is 1. The maximum absolute atomic E-state index is 12.4. The molecule has 0 aliphatic heterocycles. The van der Waals surface area contributed by atoms with E-state index in [-0.39, 0.29) is 24.7 Å². The first-order valence-electron chi connectivity index (χ1n) is 8.76. The quantitative estimate of drug-likeness (QED) is 0.311. The summed E-state index contributed by atoms with van der Waals surface area (Å²) in [5, 5.41) is 30.4. The number of hydrogen-bond acceptors (Lipinski definition) is 6. The maximum Gasteiger partial charge on any atom is 0.269 e. The third-order valence-corrected chi connectivity index (χ3v) is 4.66. The topological polar surface area (TPSA) is 126 Å². The molecule has 3 rings (SSSR count). The summed E-state index contributed by atoms with van der Waals surface area (Å²) in [6.07, 6.45) is -0.992. The van der Waals surface area contributed by atoms with Crippen LogP contribution in [0, 0.1) is 21.8 Å². The predicted molar refractivity (Wildman–Crippen MR) is 109 cm³/mol. The molecule has 1 heterocycles. The molecule has 150 valence electrons. The highest BCUT2D eigenvalue weighted by atomic mass is 32.1. The van der Waals surface area contributed by atoms with Crippen molar-refractivity contribution in [2.45, 2.75) is 19.6 Å². The molecule has 0 unspecified atom stereocenters. The summed E-state index contributed by atoms with van der Waals surface area (Å²) in [7, 11) is 0. The van der Waals surface area contributed by atoms with Crippen LogP contribution >= 0.6 is 12.2 Å². The lowest BCUT2D eigenvalue weighted by atomic mass is 10.1. The molecule has 29 heavy (non-hydrogen) atoms. The minimum Gasteiger partial charge on any atom is -0.387 e. The van der Waals surface area contributed by atoms with Crippen molar-refractivity contribution in [3.8, 4) is 11.4 Å². The largest absolute Gasteiger partial charge is 0.387 e. The number of nitrogens with zero attached hydrogens (tertiary/aromatic N) is 3. The molecule has 1 amide bonds. The lowest BCUT2D eigenvalue weighted by Gasteiger charge is -2.13. The predicted octanol–water partition coefficient (Wildman–Crippen LogP) is 2.67. The summed E-state index contributed by atoms with van der Waals surface area (Å²) in [6, 6.07) is 13.2. The van der Waals surface area contributed by atoms with E-state index in [1.165, 1.54) is 24.3 Å². The monoisotopic (exact) mass is 413 g/mol. The number of nitrogens with one attached hydrogen (secondary N) is 2. The molecule has 1 atom stereocenters. The highest BCUT2D eigenvalue weighted by molar-refractivity contribution is 7.71. The van der Waals surface area contributed by atoms with Gasteiger partial charge in [0, 0.05) is 24.2 Å². The average molecular weight is 413 g/mol. The molecular formula is C19H19N5O4S. The maximum atomic E-state index is 12.4. The second-order valence-electron chi connectivity index (χ2n) is 6.47. The number of aryl methyl sites for hydroxylation is 1. The third-order valence-electron chi connectivity index (χ3n) is 4.35. The minimum absolute atomic E-state index is 0.0400. The Hall–Kier alpha value is -3.37. The fourth-order valence-electron chi connectivity index (χ4n) is 2.73. The van der Waals surface area contributed by atoms with Crippen molar-refractivity contribution in [3.63, 3.8) is 0 Å². The van der Waals surface area contributed by atoms with Crippen LogP contribution in [0.15, 0.2) is 48.5 Å². The van der Waals surface area contributed by atoms with Crippen LogP contribution in [-0.2, 0) is 11.3 Å². The number of hydrogen-bond donors (Lipinski definition) is 3. The zero-order valence-electron chi connectivity index (χ0n) is 15.5. The van der Waals surface area contributed by atoms with E-state index in [1.54, 1.807) is 4.57 Å². The number of aromatic amines is 1. The van der Waals surface area contributed by atoms with Gasteiger partial charge >= 0.3 is 0 Å². The molecule has 3 N–H and O–H groups in total. The van der Waals surface area contributed by atoms with Crippen LogP contribution in [0.1, 0.15) is 17.2 Å². The summed E-state index contributed by atoms with van der Waals surface area (Å²) < 4.78 is 1.89. The molecule has 3 aromatic rings. The molecule has 2 aromatic carbocycles. The fourth-order valence-corrected chi connectivity index (χ4v) is 2.93. The Morgan fingerprint density at radius 2 is 1.93 bits per heavy atom. The molecule has 0 saturated heterocycles. The van der Waals surface area contributed by atoms with Gasteiger partial charge in [0.25, 0.3) is 5.69 Å². The second kappa shape index (κ2) is 8.76. The van der Waals surface area contributed by atoms with E-state index in [1.807, 2.05) is 31.2 Å². The first-order chi connectivity index (χ1) is 13.8. The number of carbonyl (C=O) groups is 1. The van der Waals surface area contributed by atoms with Crippen molar-refractivity contribution in [1.29, 1.82) is 0 Å². The van der Waals surface area contributed by atoms with Gasteiger partial charge in [-0.15, -0.1) is 0 Å². The van der Waals surface area contributed by atoms with Gasteiger partial charge in [-0.05, 0) is 36.8 Å². The molecule has 0 aliphatic rings. The van der Waals surface area contributed by atoms with Gasteiger partial charge in [-0.25, -0.2) is 0 Å². The summed E-state index contributed by atoms with van der Waals surface area (Å²) in [4.78, 5) is 22.5. The third kappa shape index (κ3) is 4.92. The van der Waals surface area contributed by atoms with Gasteiger partial charge in [0.2, 0.25) is 5.91 Å². The van der Waals surface area contributed by atoms with Gasteiger partial charge < -0.3 is 10.4 Å². The van der Waals surface area contributed by atoms with Crippen molar-refractivity contribution >= 4 is 23.8 Å². The highest BCUT2D eigenvalue weighted by Gasteiger charge is 2.15. The Bertz CT molecular complexity index is 1070. The summed E-state index contributed by atoms with van der Waals surface area (Å²) in [5.74, 6) is 0.192. The fraction of sp³-hybridized carbons (Fsp3) is 0.211. The van der Waals surface area contributed by atoms with Gasteiger partial charge in [-0.2, -0.15) is 5.10 Å². The van der Waals surface area contributed by atoms with Crippen LogP contribution in [-0.4, -0.2) is 37.2 Å². The smallest absolute Gasteiger partial charge is 0.269 e. The van der Waals surface area contributed by atoms with Crippen molar-refractivity contribution in [2.75, 3.05) is 6.54 Å². The van der Waals surface area contributed by atoms with E-state index in [9.17, 15) is 20.0 Å². The molecule has 0 aliphatic carbocycles. The Balaban J connectivity index is 1.64. The average Bonchev–Trinajstić information content (AvgIpc) is 3.07. The van der Waals surface area contributed by atoms with Gasteiger partial charge in [0.15, 0.2) is 10.6 Å². The van der Waals surface area contributed by atoms with Crippen molar-refractivity contribution in [2.24, 2.45) is 0 Å². The first kappa shape index (κ1) is 20.4. The van der Waals surface area contributed by atoms with Crippen molar-refractivity contribution in [3.05, 3.63) is 74.5 Å². The van der Waals surface area contributed by atoms with Crippen LogP contribution in [0.4, 0.5) is 5.69 Å². The van der Waals surface area contributed by atoms with Crippen LogP contribution in [0.5, 0.6) is 0 Å². The van der Waals surface area contributed by atoms with Crippen molar-refractivity contribution < 1.29 is 14.8 Å². The standard InChI is InChI=1S/C19H19N5O4S/c1-12-2-4-14(5-3-12)18-21-22-19(29)23(18)11-17(26)20-10-16(25)13-6-8-15(9-7-13)24(27)28/h2-9,16,25H,10-11H2,1H3,(H,20,26)(H,22,29)/t16-/m1/s1. The molecule has 1 aromatic heterocycles. The lowest BCUT2D eigenvalue weighted by Crippen LogP contribution is -2.31. The SMILES string of the molecule is Cc1ccc(-c2n[nH]c(=S)n2CC(=O)NC[C@@H](O)c2ccc([N+](=O)[O-])cc2)cc1. The van der Waals surface area contributed by atoms with Gasteiger partial charge in [-0.1, -0.05) is 29.8 Å². The summed E-state index contributed by atoms with van der Waals surface area (Å²) in [5.41, 5.74) is 2.33. The Kier molecular flexibility index (Phi) is 6.15. The number of H-pyrrole nitrogens is 1. The van der Waals surface area contributed by atoms with E-state index in [0.29, 0.717) is 16.2 Å². The number of aromatic nitrogens is 3. The lowest BCUT2D eigenvalue weighted by molar-refractivity contribution is -0.384. The van der Waals surface area contributed by atoms with Gasteiger partial charge in [0.05, 0.1) is 11.0 Å². The summed E-state index contributed by atoms with van der Waals surface area (Å²) in [6.45, 7) is 1.87. The molecule has 0 bridgehead atoms. The Labute approximate surface area is 171 Å². The van der Waals surface area contributed by atoms with E-state index in [0.717, 1.165) is 11.1 Å². The van der Waals surface area contributed by atoms with E-state index in [2.05, 4.69) is 15.5 Å². The molecule has 10 heteroatoms. The molecule has 0 spiro atoms. The zero-order chi connectivity index (χ0) is 21.0. The Morgan fingerprint density at radius 1 is 1.28 bits per heavy atom. The first-order valence-corrected chi connectivity index (χ1v) is 9.17. The molecule has 0 fully saturated rings. The number of rotatable bonds is 7. The van der Waals surface area contributed by atoms with Crippen LogP contribution in [0.2, 0.25) is 0 Å². The number of aliphatic hydroxyl groups is 1. The van der Waals surface area contributed by atoms with E-state index >= 15 is 0 Å². The van der Waals surface area contributed by atoms with E-state index < -0.39 is 11.0 Å². The van der Waals surface area contributed by atoms with E-state index in [4.69, 9.17) is 12.2 Å². The highest BCUT2D eigenvalue weighted by Crippen LogP contribution is 2.19. The number of amides is 1. The normalized spacial score (nSPS) is 11.8. The molecular weight excluding hydrogens is 394 g/mol. The van der Waals surface area contributed by atoms with Gasteiger partial charge in [-0.3, -0.25) is 24.6 Å². The van der Waals surface area contributed by atoms with Crippen molar-refractivity contribution in [1.82, 2.24) is 20.1 Å². The summed E-state index contributed by atoms with van der Waals surface area (Å²) >= 11 is 5.22. The Morgan fingerprint density at radius 3 is 2.55 bits per heavy atom. The number of benzene rings is 2. The van der Waals surface area contributed by atoms with Crippen LogP contribution in [0.3, 0.4) is 0 Å². The minimum atomic E-state index is -0.992. The molecule has 0 radical (unpaired) electrons. The zero-order valence-corrected chi connectivity index (χ0v) is 16.3. The number of carbonyl (C=O) groups excluding carboxylic acids is 1. The number of nitro benzene ring substituents is 1. The number of non-ortho nitro benzene ring substituents is 1. The number of nitro groups is 1. The van der Waals surface area contributed by atoms with Crippen LogP contribution in [0.25, 0.3) is 11.4 Å². The second-order valence-corrected chi connectivity index (χ2v) is 6.86. The molecule has 0 saturated carbocycles. The molecule has 9 nitrogen and oxygen atoms in total.